The van der Waals surface area contributed by atoms with Crippen LogP contribution >= 0.6 is 0 Å². The van der Waals surface area contributed by atoms with Crippen molar-refractivity contribution in [3.8, 4) is 0 Å². The Bertz CT molecular complexity index is 371. The molecule has 1 aliphatic heterocycles. The zero-order valence-corrected chi connectivity index (χ0v) is 11.2. The Morgan fingerprint density at radius 1 is 1.35 bits per heavy atom. The summed E-state index contributed by atoms with van der Waals surface area (Å²) in [4.78, 5) is 0. The Morgan fingerprint density at radius 2 is 2.12 bits per heavy atom. The summed E-state index contributed by atoms with van der Waals surface area (Å²) in [6, 6.07) is 9.26. The molecule has 1 saturated heterocycles. The summed E-state index contributed by atoms with van der Waals surface area (Å²) in [6.07, 6.45) is 3.49. The first kappa shape index (κ1) is 12.4. The topological polar surface area (TPSA) is 24.1 Å². The number of hydrogen-bond donors (Lipinski definition) is 2. The molecular formula is C15H24N2. The zero-order chi connectivity index (χ0) is 12.3. The van der Waals surface area contributed by atoms with Crippen LogP contribution in [0.15, 0.2) is 24.3 Å². The maximum absolute atomic E-state index is 3.72. The lowest BCUT2D eigenvalue weighted by Crippen LogP contribution is -2.50. The number of para-hydroxylation sites is 1. The van der Waals surface area contributed by atoms with Gasteiger partial charge in [-0.2, -0.15) is 0 Å². The Kier molecular flexibility index (Phi) is 3.72. The summed E-state index contributed by atoms with van der Waals surface area (Å²) in [6.45, 7) is 7.89. The van der Waals surface area contributed by atoms with E-state index in [1.807, 2.05) is 0 Å². The van der Waals surface area contributed by atoms with Crippen molar-refractivity contribution < 1.29 is 0 Å². The molecule has 1 heterocycles. The standard InChI is InChI=1S/C15H24N2/c1-4-12-7-5-6-8-14(12)17-13-9-10-16-15(2,3)11-13/h5-8,13,16-17H,4,9-11H2,1-3H3. The summed E-state index contributed by atoms with van der Waals surface area (Å²) < 4.78 is 0. The molecule has 1 aromatic carbocycles. The first-order valence-electron chi connectivity index (χ1n) is 6.70. The zero-order valence-electron chi connectivity index (χ0n) is 11.2. The van der Waals surface area contributed by atoms with Crippen LogP contribution in [0.25, 0.3) is 0 Å². The molecular weight excluding hydrogens is 208 g/mol. The van der Waals surface area contributed by atoms with Crippen molar-refractivity contribution in [2.45, 2.75) is 51.6 Å². The van der Waals surface area contributed by atoms with Gasteiger partial charge in [0.25, 0.3) is 0 Å². The van der Waals surface area contributed by atoms with E-state index in [0.717, 1.165) is 13.0 Å². The van der Waals surface area contributed by atoms with E-state index in [2.05, 4.69) is 55.7 Å². The third-order valence-corrected chi connectivity index (χ3v) is 3.61. The minimum Gasteiger partial charge on any atom is -0.382 e. The molecule has 0 aliphatic carbocycles. The molecule has 0 radical (unpaired) electrons. The van der Waals surface area contributed by atoms with Gasteiger partial charge >= 0.3 is 0 Å². The van der Waals surface area contributed by atoms with E-state index in [-0.39, 0.29) is 5.54 Å². The second-order valence-electron chi connectivity index (χ2n) is 5.66. The second-order valence-corrected chi connectivity index (χ2v) is 5.66. The fourth-order valence-corrected chi connectivity index (χ4v) is 2.69. The van der Waals surface area contributed by atoms with Gasteiger partial charge in [-0.05, 0) is 51.3 Å². The highest BCUT2D eigenvalue weighted by atomic mass is 15.0. The second kappa shape index (κ2) is 5.09. The van der Waals surface area contributed by atoms with Gasteiger partial charge in [-0.1, -0.05) is 25.1 Å². The lowest BCUT2D eigenvalue weighted by molar-refractivity contribution is 0.286. The molecule has 2 nitrogen and oxygen atoms in total. The van der Waals surface area contributed by atoms with Crippen LogP contribution in [0.4, 0.5) is 5.69 Å². The number of benzene rings is 1. The van der Waals surface area contributed by atoms with Gasteiger partial charge in [0.1, 0.15) is 0 Å². The van der Waals surface area contributed by atoms with Crippen LogP contribution in [0.3, 0.4) is 0 Å². The van der Waals surface area contributed by atoms with Gasteiger partial charge in [0.2, 0.25) is 0 Å². The van der Waals surface area contributed by atoms with Crippen LogP contribution < -0.4 is 10.6 Å². The number of aryl methyl sites for hydroxylation is 1. The summed E-state index contributed by atoms with van der Waals surface area (Å²) in [5, 5.41) is 7.28. The SMILES string of the molecule is CCc1ccccc1NC1CCNC(C)(C)C1. The Labute approximate surface area is 105 Å². The smallest absolute Gasteiger partial charge is 0.0374 e. The molecule has 1 fully saturated rings. The minimum atomic E-state index is 0.261. The van der Waals surface area contributed by atoms with E-state index in [9.17, 15) is 0 Å². The van der Waals surface area contributed by atoms with Crippen LogP contribution in [0.5, 0.6) is 0 Å². The van der Waals surface area contributed by atoms with Gasteiger partial charge in [-0.25, -0.2) is 0 Å². The molecule has 2 heteroatoms. The first-order chi connectivity index (χ1) is 8.11. The highest BCUT2D eigenvalue weighted by Crippen LogP contribution is 2.24. The summed E-state index contributed by atoms with van der Waals surface area (Å²) in [7, 11) is 0. The molecule has 2 rings (SSSR count). The van der Waals surface area contributed by atoms with E-state index in [1.54, 1.807) is 0 Å². The van der Waals surface area contributed by atoms with Crippen LogP contribution in [-0.4, -0.2) is 18.1 Å². The number of nitrogens with one attached hydrogen (secondary N) is 2. The summed E-state index contributed by atoms with van der Waals surface area (Å²) >= 11 is 0. The highest BCUT2D eigenvalue weighted by Gasteiger charge is 2.27. The Balaban J connectivity index is 2.05. The Morgan fingerprint density at radius 3 is 2.82 bits per heavy atom. The van der Waals surface area contributed by atoms with Crippen molar-refractivity contribution >= 4 is 5.69 Å². The normalized spacial score (nSPS) is 23.4. The third-order valence-electron chi connectivity index (χ3n) is 3.61. The molecule has 94 valence electrons. The lowest BCUT2D eigenvalue weighted by atomic mass is 9.89. The fraction of sp³-hybridized carbons (Fsp3) is 0.600. The van der Waals surface area contributed by atoms with Crippen LogP contribution in [0.1, 0.15) is 39.2 Å². The number of piperidine rings is 1. The van der Waals surface area contributed by atoms with Crippen LogP contribution in [-0.2, 0) is 6.42 Å². The van der Waals surface area contributed by atoms with Gasteiger partial charge in [0, 0.05) is 17.3 Å². The van der Waals surface area contributed by atoms with E-state index in [0.29, 0.717) is 6.04 Å². The molecule has 1 atom stereocenters. The molecule has 17 heavy (non-hydrogen) atoms. The average molecular weight is 232 g/mol. The van der Waals surface area contributed by atoms with Gasteiger partial charge in [-0.15, -0.1) is 0 Å². The Hall–Kier alpha value is -1.02. The highest BCUT2D eigenvalue weighted by molar-refractivity contribution is 5.51. The van der Waals surface area contributed by atoms with Crippen LogP contribution in [0, 0.1) is 0 Å². The van der Waals surface area contributed by atoms with Crippen molar-refractivity contribution in [1.29, 1.82) is 0 Å². The summed E-state index contributed by atoms with van der Waals surface area (Å²) in [5.74, 6) is 0. The molecule has 0 saturated carbocycles. The van der Waals surface area contributed by atoms with Gasteiger partial charge in [-0.3, -0.25) is 0 Å². The van der Waals surface area contributed by atoms with Crippen molar-refractivity contribution in [3.63, 3.8) is 0 Å². The maximum atomic E-state index is 3.72. The molecule has 1 aromatic rings. The van der Waals surface area contributed by atoms with Gasteiger partial charge in [0.15, 0.2) is 0 Å². The van der Waals surface area contributed by atoms with Gasteiger partial charge < -0.3 is 10.6 Å². The monoisotopic (exact) mass is 232 g/mol. The maximum Gasteiger partial charge on any atom is 0.0374 e. The van der Waals surface area contributed by atoms with E-state index in [1.165, 1.54) is 24.1 Å². The lowest BCUT2D eigenvalue weighted by Gasteiger charge is -2.37. The average Bonchev–Trinajstić information content (AvgIpc) is 2.28. The number of hydrogen-bond acceptors (Lipinski definition) is 2. The van der Waals surface area contributed by atoms with Crippen molar-refractivity contribution in [2.24, 2.45) is 0 Å². The predicted molar refractivity (Wildman–Crippen MR) is 74.5 cm³/mol. The number of rotatable bonds is 3. The van der Waals surface area contributed by atoms with Crippen molar-refractivity contribution in [2.75, 3.05) is 11.9 Å². The quantitative estimate of drug-likeness (QED) is 0.836. The van der Waals surface area contributed by atoms with E-state index in [4.69, 9.17) is 0 Å². The third kappa shape index (κ3) is 3.22. The largest absolute Gasteiger partial charge is 0.382 e. The van der Waals surface area contributed by atoms with E-state index < -0.39 is 0 Å². The van der Waals surface area contributed by atoms with Gasteiger partial charge in [0.05, 0.1) is 0 Å². The predicted octanol–water partition coefficient (Wildman–Crippen LogP) is 3.19. The molecule has 1 aliphatic rings. The van der Waals surface area contributed by atoms with Crippen LogP contribution in [0.2, 0.25) is 0 Å². The molecule has 0 aromatic heterocycles. The minimum absolute atomic E-state index is 0.261. The van der Waals surface area contributed by atoms with Crippen molar-refractivity contribution in [3.05, 3.63) is 29.8 Å². The fourth-order valence-electron chi connectivity index (χ4n) is 2.69. The van der Waals surface area contributed by atoms with Crippen molar-refractivity contribution in [1.82, 2.24) is 5.32 Å². The first-order valence-corrected chi connectivity index (χ1v) is 6.70. The molecule has 0 amide bonds. The molecule has 2 N–H and O–H groups in total. The van der Waals surface area contributed by atoms with E-state index >= 15 is 0 Å². The molecule has 1 unspecified atom stereocenters. The number of anilines is 1. The summed E-state index contributed by atoms with van der Waals surface area (Å²) in [5.41, 5.74) is 3.00. The molecule has 0 spiro atoms. The molecule has 0 bridgehead atoms.